The molecule has 1 atom stereocenters. The van der Waals surface area contributed by atoms with Gasteiger partial charge >= 0.3 is 0 Å². The van der Waals surface area contributed by atoms with Crippen molar-refractivity contribution in [3.05, 3.63) is 72.1 Å². The molecule has 5 rings (SSSR count). The molecule has 3 aromatic rings. The molecular weight excluding hydrogens is 486 g/mol. The van der Waals surface area contributed by atoms with E-state index in [4.69, 9.17) is 14.2 Å². The van der Waals surface area contributed by atoms with E-state index in [1.165, 1.54) is 18.5 Å². The molecule has 1 aliphatic heterocycles. The quantitative estimate of drug-likeness (QED) is 0.335. The minimum absolute atomic E-state index is 0.00179. The van der Waals surface area contributed by atoms with E-state index in [9.17, 15) is 9.59 Å². The van der Waals surface area contributed by atoms with Crippen molar-refractivity contribution in [1.29, 1.82) is 0 Å². The number of methoxy groups -OCH3 is 2. The van der Waals surface area contributed by atoms with E-state index >= 15 is 0 Å². The number of allylic oxidation sites excluding steroid dienone is 2. The number of nitrogens with zero attached hydrogens (tertiary/aromatic N) is 4. The molecule has 0 spiro atoms. The highest BCUT2D eigenvalue weighted by Gasteiger charge is 2.32. The molecule has 10 heteroatoms. The van der Waals surface area contributed by atoms with Crippen LogP contribution in [-0.2, 0) is 14.3 Å². The van der Waals surface area contributed by atoms with Gasteiger partial charge in [0.25, 0.3) is 0 Å². The fourth-order valence-corrected chi connectivity index (χ4v) is 4.81. The van der Waals surface area contributed by atoms with Gasteiger partial charge in [-0.15, -0.1) is 0 Å². The van der Waals surface area contributed by atoms with Gasteiger partial charge in [-0.1, -0.05) is 6.07 Å². The average molecular weight is 516 g/mol. The third-order valence-corrected chi connectivity index (χ3v) is 6.66. The number of carbonyl (C=O) groups is 2. The lowest BCUT2D eigenvalue weighted by molar-refractivity contribution is -0.116. The first-order valence-corrected chi connectivity index (χ1v) is 12.5. The Bertz CT molecular complexity index is 1410. The number of ether oxygens (including phenoxy) is 3. The molecule has 0 bridgehead atoms. The Morgan fingerprint density at radius 2 is 1.95 bits per heavy atom. The van der Waals surface area contributed by atoms with Crippen LogP contribution in [0.2, 0.25) is 0 Å². The molecule has 196 valence electrons. The fraction of sp³-hybridized carbons (Fsp3) is 0.321. The summed E-state index contributed by atoms with van der Waals surface area (Å²) in [7, 11) is 3.14. The number of pyridine rings is 1. The van der Waals surface area contributed by atoms with Crippen LogP contribution < -0.4 is 14.8 Å². The maximum atomic E-state index is 13.3. The van der Waals surface area contributed by atoms with Gasteiger partial charge in [-0.05, 0) is 37.0 Å². The van der Waals surface area contributed by atoms with Crippen LogP contribution in [0.3, 0.4) is 0 Å². The van der Waals surface area contributed by atoms with Gasteiger partial charge in [-0.2, -0.15) is 0 Å². The van der Waals surface area contributed by atoms with E-state index in [2.05, 4.69) is 20.3 Å². The zero-order valence-corrected chi connectivity index (χ0v) is 21.3. The Hall–Kier alpha value is -4.31. The van der Waals surface area contributed by atoms with Crippen LogP contribution in [-0.4, -0.2) is 65.4 Å². The minimum Gasteiger partial charge on any atom is -0.493 e. The van der Waals surface area contributed by atoms with E-state index in [-0.39, 0.29) is 23.3 Å². The topological polar surface area (TPSA) is 116 Å². The Morgan fingerprint density at radius 3 is 2.74 bits per heavy atom. The van der Waals surface area contributed by atoms with E-state index in [1.54, 1.807) is 32.5 Å². The number of piperidine rings is 1. The summed E-state index contributed by atoms with van der Waals surface area (Å²) in [4.78, 5) is 41.4. The molecular formula is C28H29N5O5. The van der Waals surface area contributed by atoms with Crippen LogP contribution in [0.5, 0.6) is 11.5 Å². The lowest BCUT2D eigenvalue weighted by atomic mass is 9.93. The van der Waals surface area contributed by atoms with E-state index < -0.39 is 0 Å². The second-order valence-corrected chi connectivity index (χ2v) is 9.02. The lowest BCUT2D eigenvalue weighted by Gasteiger charge is -2.39. The molecule has 2 aliphatic rings. The van der Waals surface area contributed by atoms with Crippen molar-refractivity contribution in [1.82, 2.24) is 19.9 Å². The molecule has 1 saturated heterocycles. The van der Waals surface area contributed by atoms with Crippen LogP contribution in [0.1, 0.15) is 30.9 Å². The smallest absolute Gasteiger partial charge is 0.204 e. The SMILES string of the molecule is COCCOc1cc2ncnc(NC3=CC(=O)C(N4CCCCC4c4cccnc4)=CC3=O)c2cc1OC. The first-order valence-electron chi connectivity index (χ1n) is 12.5. The standard InChI is InChI=1S/C28H29N5O5/c1-36-10-11-38-27-14-20-19(12-26(27)37-2)28(31-17-30-20)32-21-13-25(35)23(15-24(21)34)33-9-4-3-7-22(33)18-6-5-8-29-16-18/h5-6,8,12-17,22H,3-4,7,9-11H2,1-2H3,(H,30,31,32). The summed E-state index contributed by atoms with van der Waals surface area (Å²) in [5.41, 5.74) is 2.18. The monoisotopic (exact) mass is 515 g/mol. The lowest BCUT2D eigenvalue weighted by Crippen LogP contribution is -2.37. The summed E-state index contributed by atoms with van der Waals surface area (Å²) < 4.78 is 16.3. The van der Waals surface area contributed by atoms with E-state index in [0.29, 0.717) is 53.7 Å². The molecule has 1 N–H and O–H groups in total. The highest BCUT2D eigenvalue weighted by Crippen LogP contribution is 2.36. The van der Waals surface area contributed by atoms with Crippen LogP contribution in [0.4, 0.5) is 5.82 Å². The highest BCUT2D eigenvalue weighted by atomic mass is 16.5. The number of likely N-dealkylation sites (tertiary alicyclic amines) is 1. The number of rotatable bonds is 9. The summed E-state index contributed by atoms with van der Waals surface area (Å²) in [5.74, 6) is 0.857. The van der Waals surface area contributed by atoms with E-state index in [1.807, 2.05) is 23.2 Å². The summed E-state index contributed by atoms with van der Waals surface area (Å²) in [6.07, 6.45) is 10.6. The summed E-state index contributed by atoms with van der Waals surface area (Å²) in [6.45, 7) is 1.48. The van der Waals surface area contributed by atoms with Crippen molar-refractivity contribution in [2.45, 2.75) is 25.3 Å². The first-order chi connectivity index (χ1) is 18.6. The molecule has 2 aromatic heterocycles. The first kappa shape index (κ1) is 25.3. The average Bonchev–Trinajstić information content (AvgIpc) is 2.95. The Balaban J connectivity index is 1.39. The Labute approximate surface area is 220 Å². The molecule has 0 saturated carbocycles. The molecule has 3 heterocycles. The number of carbonyl (C=O) groups excluding carboxylic acids is 2. The van der Waals surface area contributed by atoms with Gasteiger partial charge < -0.3 is 24.4 Å². The number of aromatic nitrogens is 3. The van der Waals surface area contributed by atoms with Gasteiger partial charge in [-0.3, -0.25) is 14.6 Å². The fourth-order valence-electron chi connectivity index (χ4n) is 4.81. The predicted octanol–water partition coefficient (Wildman–Crippen LogP) is 3.62. The van der Waals surface area contributed by atoms with Crippen molar-refractivity contribution >= 4 is 28.3 Å². The van der Waals surface area contributed by atoms with Crippen LogP contribution in [0, 0.1) is 0 Å². The molecule has 1 fully saturated rings. The minimum atomic E-state index is -0.298. The van der Waals surface area contributed by atoms with Gasteiger partial charge in [0, 0.05) is 49.7 Å². The Morgan fingerprint density at radius 1 is 1.05 bits per heavy atom. The number of anilines is 1. The molecule has 0 amide bonds. The Kier molecular flexibility index (Phi) is 7.60. The summed E-state index contributed by atoms with van der Waals surface area (Å²) >= 11 is 0. The summed E-state index contributed by atoms with van der Waals surface area (Å²) in [5, 5.41) is 3.66. The van der Waals surface area contributed by atoms with Gasteiger partial charge in [0.15, 0.2) is 11.5 Å². The molecule has 1 unspecified atom stereocenters. The van der Waals surface area contributed by atoms with Crippen molar-refractivity contribution in [2.24, 2.45) is 0 Å². The zero-order chi connectivity index (χ0) is 26.5. The number of benzene rings is 1. The van der Waals surface area contributed by atoms with Crippen LogP contribution in [0.15, 0.2) is 66.5 Å². The van der Waals surface area contributed by atoms with Gasteiger partial charge in [0.05, 0.1) is 36.7 Å². The number of ketones is 2. The second-order valence-electron chi connectivity index (χ2n) is 9.02. The number of hydrogen-bond donors (Lipinski definition) is 1. The van der Waals surface area contributed by atoms with E-state index in [0.717, 1.165) is 24.8 Å². The van der Waals surface area contributed by atoms with Crippen molar-refractivity contribution < 1.29 is 23.8 Å². The van der Waals surface area contributed by atoms with Crippen LogP contribution in [0.25, 0.3) is 10.9 Å². The third kappa shape index (κ3) is 5.21. The number of nitrogens with one attached hydrogen (secondary N) is 1. The van der Waals surface area contributed by atoms with Gasteiger partial charge in [0.2, 0.25) is 11.6 Å². The second kappa shape index (κ2) is 11.4. The molecule has 1 aromatic carbocycles. The normalized spacial score (nSPS) is 17.7. The molecule has 38 heavy (non-hydrogen) atoms. The maximum Gasteiger partial charge on any atom is 0.204 e. The third-order valence-electron chi connectivity index (χ3n) is 6.66. The molecule has 1 aliphatic carbocycles. The van der Waals surface area contributed by atoms with Crippen molar-refractivity contribution in [2.75, 3.05) is 39.3 Å². The van der Waals surface area contributed by atoms with Crippen molar-refractivity contribution in [3.8, 4) is 11.5 Å². The van der Waals surface area contributed by atoms with Crippen LogP contribution >= 0.6 is 0 Å². The zero-order valence-electron chi connectivity index (χ0n) is 21.3. The van der Waals surface area contributed by atoms with Crippen molar-refractivity contribution in [3.63, 3.8) is 0 Å². The molecule has 10 nitrogen and oxygen atoms in total. The largest absolute Gasteiger partial charge is 0.493 e. The summed E-state index contributed by atoms with van der Waals surface area (Å²) in [6, 6.07) is 7.38. The molecule has 0 radical (unpaired) electrons. The van der Waals surface area contributed by atoms with Gasteiger partial charge in [-0.25, -0.2) is 9.97 Å². The number of fused-ring (bicyclic) bond motifs is 1. The van der Waals surface area contributed by atoms with Gasteiger partial charge in [0.1, 0.15) is 18.8 Å². The number of hydrogen-bond acceptors (Lipinski definition) is 10. The highest BCUT2D eigenvalue weighted by molar-refractivity contribution is 6.21. The predicted molar refractivity (Wildman–Crippen MR) is 141 cm³/mol. The maximum absolute atomic E-state index is 13.3.